The average Bonchev–Trinajstić information content (AvgIpc) is 3.30. The van der Waals surface area contributed by atoms with Crippen molar-refractivity contribution in [1.82, 2.24) is 21.1 Å². The lowest BCUT2D eigenvalue weighted by molar-refractivity contribution is -0.131. The number of hydrogen-bond acceptors (Lipinski definition) is 5. The van der Waals surface area contributed by atoms with Gasteiger partial charge >= 0.3 is 6.03 Å². The number of carbonyl (C=O) groups excluding carboxylic acids is 4. The first-order chi connectivity index (χ1) is 12.4. The van der Waals surface area contributed by atoms with Crippen LogP contribution in [0.2, 0.25) is 0 Å². The lowest BCUT2D eigenvalue weighted by atomic mass is 9.98. The molecule has 2 heterocycles. The number of carbonyl (C=O) groups is 4. The average molecular weight is 362 g/mol. The van der Waals surface area contributed by atoms with E-state index in [1.54, 1.807) is 6.92 Å². The van der Waals surface area contributed by atoms with Crippen molar-refractivity contribution in [2.24, 2.45) is 0 Å². The van der Waals surface area contributed by atoms with Crippen molar-refractivity contribution < 1.29 is 23.6 Å². The molecule has 1 aliphatic heterocycles. The van der Waals surface area contributed by atoms with E-state index in [9.17, 15) is 19.2 Å². The molecule has 26 heavy (non-hydrogen) atoms. The maximum atomic E-state index is 12.5. The van der Waals surface area contributed by atoms with E-state index in [0.29, 0.717) is 30.6 Å². The monoisotopic (exact) mass is 362 g/mol. The predicted octanol–water partition coefficient (Wildman–Crippen LogP) is 0.994. The van der Waals surface area contributed by atoms with Crippen LogP contribution in [0.4, 0.5) is 4.79 Å². The summed E-state index contributed by atoms with van der Waals surface area (Å²) in [7, 11) is 0. The second kappa shape index (κ2) is 7.19. The van der Waals surface area contributed by atoms with Gasteiger partial charge in [0.25, 0.3) is 11.8 Å². The molecule has 0 atom stereocenters. The molecule has 5 amide bonds. The molecule has 0 aromatic carbocycles. The summed E-state index contributed by atoms with van der Waals surface area (Å²) in [4.78, 5) is 49.4. The number of hydrazine groups is 1. The van der Waals surface area contributed by atoms with E-state index >= 15 is 0 Å². The van der Waals surface area contributed by atoms with Gasteiger partial charge < -0.3 is 9.73 Å². The smallest absolute Gasteiger partial charge is 0.325 e. The van der Waals surface area contributed by atoms with Crippen molar-refractivity contribution >= 4 is 23.8 Å². The molecular formula is C17H22N4O5. The summed E-state index contributed by atoms with van der Waals surface area (Å²) < 4.78 is 5.03. The zero-order chi connectivity index (χ0) is 18.7. The Hall–Kier alpha value is -2.84. The first-order valence-electron chi connectivity index (χ1n) is 8.70. The molecule has 1 saturated heterocycles. The molecular weight excluding hydrogens is 340 g/mol. The first kappa shape index (κ1) is 18.0. The van der Waals surface area contributed by atoms with E-state index in [0.717, 1.165) is 12.8 Å². The molecule has 0 unspecified atom stereocenters. The number of nitrogens with zero attached hydrogens (tertiary/aromatic N) is 1. The summed E-state index contributed by atoms with van der Waals surface area (Å²) in [6.45, 7) is 1.82. The summed E-state index contributed by atoms with van der Waals surface area (Å²) in [5.41, 5.74) is 4.23. The van der Waals surface area contributed by atoms with E-state index in [-0.39, 0.29) is 24.9 Å². The second-order valence-corrected chi connectivity index (χ2v) is 6.67. The third-order valence-corrected chi connectivity index (χ3v) is 4.91. The van der Waals surface area contributed by atoms with Crippen LogP contribution in [0.3, 0.4) is 0 Å². The van der Waals surface area contributed by atoms with Gasteiger partial charge in [-0.05, 0) is 32.3 Å². The summed E-state index contributed by atoms with van der Waals surface area (Å²) in [5.74, 6) is -0.607. The Bertz CT molecular complexity index is 735. The van der Waals surface area contributed by atoms with Crippen molar-refractivity contribution in [2.75, 3.05) is 6.54 Å². The minimum Gasteiger partial charge on any atom is -0.469 e. The number of imide groups is 1. The molecule has 1 saturated carbocycles. The van der Waals surface area contributed by atoms with Crippen LogP contribution >= 0.6 is 0 Å². The molecule has 1 aromatic heterocycles. The van der Waals surface area contributed by atoms with Crippen LogP contribution in [0.1, 0.15) is 54.6 Å². The molecule has 9 nitrogen and oxygen atoms in total. The van der Waals surface area contributed by atoms with Gasteiger partial charge in [-0.1, -0.05) is 12.8 Å². The lowest BCUT2D eigenvalue weighted by Crippen LogP contribution is -2.44. The van der Waals surface area contributed by atoms with Gasteiger partial charge in [0.1, 0.15) is 11.3 Å². The predicted molar refractivity (Wildman–Crippen MR) is 89.7 cm³/mol. The van der Waals surface area contributed by atoms with Crippen molar-refractivity contribution in [3.05, 3.63) is 23.7 Å². The molecule has 3 rings (SSSR count). The SMILES string of the molecule is Cc1occc1C(=O)NNC(=O)CCCN1C(=O)NC2(CCCC2)C1=O. The quantitative estimate of drug-likeness (QED) is 0.533. The molecule has 1 aromatic rings. The molecule has 9 heteroatoms. The number of urea groups is 1. The molecule has 2 fully saturated rings. The largest absolute Gasteiger partial charge is 0.469 e. The highest BCUT2D eigenvalue weighted by molar-refractivity contribution is 6.07. The Kier molecular flexibility index (Phi) is 4.97. The zero-order valence-corrected chi connectivity index (χ0v) is 14.6. The maximum absolute atomic E-state index is 12.5. The molecule has 1 spiro atoms. The number of nitrogens with one attached hydrogen (secondary N) is 3. The summed E-state index contributed by atoms with van der Waals surface area (Å²) in [6, 6.07) is 1.12. The van der Waals surface area contributed by atoms with Gasteiger partial charge in [-0.2, -0.15) is 0 Å². The number of amides is 5. The van der Waals surface area contributed by atoms with Crippen LogP contribution < -0.4 is 16.2 Å². The van der Waals surface area contributed by atoms with Crippen molar-refractivity contribution in [3.8, 4) is 0 Å². The Morgan fingerprint density at radius 3 is 2.65 bits per heavy atom. The van der Waals surface area contributed by atoms with Gasteiger partial charge in [-0.3, -0.25) is 30.1 Å². The van der Waals surface area contributed by atoms with Gasteiger partial charge in [0, 0.05) is 13.0 Å². The Balaban J connectivity index is 1.41. The van der Waals surface area contributed by atoms with Crippen LogP contribution in [-0.4, -0.2) is 40.7 Å². The van der Waals surface area contributed by atoms with E-state index in [2.05, 4.69) is 16.2 Å². The molecule has 3 N–H and O–H groups in total. The van der Waals surface area contributed by atoms with Gasteiger partial charge in [0.15, 0.2) is 0 Å². The highest BCUT2D eigenvalue weighted by atomic mass is 16.3. The van der Waals surface area contributed by atoms with E-state index < -0.39 is 17.4 Å². The molecule has 0 bridgehead atoms. The number of aryl methyl sites for hydroxylation is 1. The highest BCUT2D eigenvalue weighted by Gasteiger charge is 2.51. The van der Waals surface area contributed by atoms with Crippen LogP contribution in [0.25, 0.3) is 0 Å². The van der Waals surface area contributed by atoms with Gasteiger partial charge in [-0.25, -0.2) is 4.79 Å². The fraction of sp³-hybridized carbons (Fsp3) is 0.529. The fourth-order valence-electron chi connectivity index (χ4n) is 3.47. The van der Waals surface area contributed by atoms with Crippen LogP contribution in [0, 0.1) is 6.92 Å². The molecule has 0 radical (unpaired) electrons. The number of rotatable bonds is 5. The maximum Gasteiger partial charge on any atom is 0.325 e. The van der Waals surface area contributed by atoms with Crippen molar-refractivity contribution in [2.45, 2.75) is 51.0 Å². The zero-order valence-electron chi connectivity index (χ0n) is 14.6. The number of furan rings is 1. The summed E-state index contributed by atoms with van der Waals surface area (Å²) in [5, 5.41) is 2.80. The topological polar surface area (TPSA) is 121 Å². The Labute approximate surface area is 150 Å². The normalized spacial score (nSPS) is 18.3. The van der Waals surface area contributed by atoms with Crippen molar-refractivity contribution in [1.29, 1.82) is 0 Å². The van der Waals surface area contributed by atoms with Crippen molar-refractivity contribution in [3.63, 3.8) is 0 Å². The molecule has 1 aliphatic carbocycles. The van der Waals surface area contributed by atoms with E-state index in [1.165, 1.54) is 17.2 Å². The van der Waals surface area contributed by atoms with Gasteiger partial charge in [0.2, 0.25) is 5.91 Å². The highest BCUT2D eigenvalue weighted by Crippen LogP contribution is 2.35. The van der Waals surface area contributed by atoms with Gasteiger partial charge in [0.05, 0.1) is 11.8 Å². The third kappa shape index (κ3) is 3.42. The summed E-state index contributed by atoms with van der Waals surface area (Å²) >= 11 is 0. The minimum atomic E-state index is -0.726. The molecule has 140 valence electrons. The first-order valence-corrected chi connectivity index (χ1v) is 8.70. The Morgan fingerprint density at radius 1 is 1.27 bits per heavy atom. The minimum absolute atomic E-state index is 0.0781. The van der Waals surface area contributed by atoms with Crippen LogP contribution in [0.15, 0.2) is 16.7 Å². The van der Waals surface area contributed by atoms with E-state index in [1.807, 2.05) is 0 Å². The molecule has 2 aliphatic rings. The number of hydrogen-bond donors (Lipinski definition) is 3. The summed E-state index contributed by atoms with van der Waals surface area (Å²) in [6.07, 6.45) is 5.00. The van der Waals surface area contributed by atoms with Crippen LogP contribution in [0.5, 0.6) is 0 Å². The standard InChI is InChI=1S/C17H22N4O5/c1-11-12(6-10-26-11)14(23)20-19-13(22)5-4-9-21-15(24)17(18-16(21)25)7-2-3-8-17/h6,10H,2-5,7-9H2,1H3,(H,18,25)(H,19,22)(H,20,23). The van der Waals surface area contributed by atoms with Crippen LogP contribution in [-0.2, 0) is 9.59 Å². The Morgan fingerprint density at radius 2 is 2.00 bits per heavy atom. The third-order valence-electron chi connectivity index (χ3n) is 4.91. The fourth-order valence-corrected chi connectivity index (χ4v) is 3.47. The van der Waals surface area contributed by atoms with E-state index in [4.69, 9.17) is 4.42 Å². The second-order valence-electron chi connectivity index (χ2n) is 6.67. The lowest BCUT2D eigenvalue weighted by Gasteiger charge is -2.19. The van der Waals surface area contributed by atoms with Gasteiger partial charge in [-0.15, -0.1) is 0 Å².